The highest BCUT2D eigenvalue weighted by Crippen LogP contribution is 2.52. The molecular weight excluding hydrogens is 204 g/mol. The normalized spacial score (nSPS) is 36.9. The van der Waals surface area contributed by atoms with Crippen molar-refractivity contribution in [2.75, 3.05) is 13.2 Å². The summed E-state index contributed by atoms with van der Waals surface area (Å²) in [6.45, 7) is 1.45. The maximum Gasteiger partial charge on any atom is 0.169 e. The number of ether oxygens (including phenoxy) is 2. The summed E-state index contributed by atoms with van der Waals surface area (Å²) in [6, 6.07) is 0. The molecule has 2 fully saturated rings. The molecule has 0 radical (unpaired) electrons. The summed E-state index contributed by atoms with van der Waals surface area (Å²) in [5.41, 5.74) is 1.15. The van der Waals surface area contributed by atoms with Crippen molar-refractivity contribution in [3.05, 3.63) is 11.6 Å². The van der Waals surface area contributed by atoms with E-state index in [-0.39, 0.29) is 11.2 Å². The van der Waals surface area contributed by atoms with Crippen molar-refractivity contribution in [2.45, 2.75) is 44.3 Å². The lowest BCUT2D eigenvalue weighted by Crippen LogP contribution is -2.40. The lowest BCUT2D eigenvalue weighted by Gasteiger charge is -2.42. The molecule has 0 amide bonds. The Bertz CT molecular complexity index is 328. The molecule has 3 rings (SSSR count). The number of hydrogen-bond acceptors (Lipinski definition) is 3. The quantitative estimate of drug-likeness (QED) is 0.638. The third kappa shape index (κ3) is 1.62. The highest BCUT2D eigenvalue weighted by Gasteiger charge is 2.48. The van der Waals surface area contributed by atoms with Gasteiger partial charge in [-0.3, -0.25) is 4.79 Å². The van der Waals surface area contributed by atoms with Crippen LogP contribution in [0.15, 0.2) is 11.6 Å². The summed E-state index contributed by atoms with van der Waals surface area (Å²) in [5.74, 6) is -0.326. The Morgan fingerprint density at radius 1 is 1.19 bits per heavy atom. The molecule has 16 heavy (non-hydrogen) atoms. The van der Waals surface area contributed by atoms with Crippen molar-refractivity contribution in [3.63, 3.8) is 0 Å². The Kier molecular flexibility index (Phi) is 2.41. The van der Waals surface area contributed by atoms with Gasteiger partial charge in [-0.15, -0.1) is 0 Å². The Balaban J connectivity index is 1.82. The Morgan fingerprint density at radius 2 is 2.00 bits per heavy atom. The number of aldehydes is 1. The summed E-state index contributed by atoms with van der Waals surface area (Å²) in [6.07, 6.45) is 9.49. The van der Waals surface area contributed by atoms with Gasteiger partial charge in [-0.05, 0) is 36.7 Å². The molecule has 3 heteroatoms. The van der Waals surface area contributed by atoms with E-state index in [0.717, 1.165) is 57.2 Å². The van der Waals surface area contributed by atoms with Gasteiger partial charge in [-0.25, -0.2) is 0 Å². The largest absolute Gasteiger partial charge is 0.348 e. The molecule has 0 N–H and O–H groups in total. The molecule has 1 saturated heterocycles. The van der Waals surface area contributed by atoms with Crippen molar-refractivity contribution < 1.29 is 14.3 Å². The molecule has 1 atom stereocenters. The zero-order chi connectivity index (χ0) is 11.1. The van der Waals surface area contributed by atoms with E-state index in [4.69, 9.17) is 9.47 Å². The highest BCUT2D eigenvalue weighted by atomic mass is 16.7. The first-order valence-corrected chi connectivity index (χ1v) is 6.21. The standard InChI is InChI=1S/C13H18O3/c14-9-11-2-5-12(8-11)3-1-4-13(10-12)15-6-7-16-13/h8-9H,1-7,10H2. The average Bonchev–Trinajstić information content (AvgIpc) is 2.87. The Morgan fingerprint density at radius 3 is 2.69 bits per heavy atom. The average molecular weight is 222 g/mol. The van der Waals surface area contributed by atoms with E-state index >= 15 is 0 Å². The van der Waals surface area contributed by atoms with Gasteiger partial charge in [-0.1, -0.05) is 6.08 Å². The van der Waals surface area contributed by atoms with Crippen LogP contribution in [0.25, 0.3) is 0 Å². The van der Waals surface area contributed by atoms with Gasteiger partial charge in [0.2, 0.25) is 0 Å². The minimum Gasteiger partial charge on any atom is -0.348 e. The minimum atomic E-state index is -0.326. The first-order chi connectivity index (χ1) is 7.76. The third-order valence-electron chi connectivity index (χ3n) is 4.22. The Hall–Kier alpha value is -0.670. The first kappa shape index (κ1) is 10.5. The molecular formula is C13H18O3. The summed E-state index contributed by atoms with van der Waals surface area (Å²) < 4.78 is 11.6. The van der Waals surface area contributed by atoms with Crippen LogP contribution in [0, 0.1) is 5.41 Å². The minimum absolute atomic E-state index is 0.179. The van der Waals surface area contributed by atoms with Crippen LogP contribution >= 0.6 is 0 Å². The SMILES string of the molecule is O=CC1=CC2(CCCC3(C2)OCCO3)CC1. The molecule has 1 saturated carbocycles. The maximum atomic E-state index is 10.8. The van der Waals surface area contributed by atoms with E-state index in [1.165, 1.54) is 6.42 Å². The van der Waals surface area contributed by atoms with Crippen molar-refractivity contribution in [1.82, 2.24) is 0 Å². The maximum absolute atomic E-state index is 10.8. The zero-order valence-corrected chi connectivity index (χ0v) is 9.54. The molecule has 1 heterocycles. The van der Waals surface area contributed by atoms with E-state index in [1.807, 2.05) is 0 Å². The second-order valence-corrected chi connectivity index (χ2v) is 5.34. The van der Waals surface area contributed by atoms with E-state index < -0.39 is 0 Å². The molecule has 2 spiro atoms. The van der Waals surface area contributed by atoms with E-state index in [9.17, 15) is 4.79 Å². The number of rotatable bonds is 1. The van der Waals surface area contributed by atoms with E-state index in [2.05, 4.69) is 6.08 Å². The van der Waals surface area contributed by atoms with Crippen LogP contribution in [-0.4, -0.2) is 25.3 Å². The highest BCUT2D eigenvalue weighted by molar-refractivity contribution is 5.74. The van der Waals surface area contributed by atoms with Gasteiger partial charge in [-0.2, -0.15) is 0 Å². The molecule has 2 aliphatic carbocycles. The van der Waals surface area contributed by atoms with Crippen molar-refractivity contribution in [3.8, 4) is 0 Å². The van der Waals surface area contributed by atoms with Crippen molar-refractivity contribution in [2.24, 2.45) is 5.41 Å². The van der Waals surface area contributed by atoms with Gasteiger partial charge >= 0.3 is 0 Å². The van der Waals surface area contributed by atoms with Crippen LogP contribution in [0.3, 0.4) is 0 Å². The fraction of sp³-hybridized carbons (Fsp3) is 0.769. The number of allylic oxidation sites excluding steroid dienone is 2. The molecule has 0 aromatic heterocycles. The molecule has 0 bridgehead atoms. The molecule has 1 aliphatic heterocycles. The molecule has 0 aromatic carbocycles. The van der Waals surface area contributed by atoms with Gasteiger partial charge in [0.1, 0.15) is 6.29 Å². The lowest BCUT2D eigenvalue weighted by molar-refractivity contribution is -0.196. The molecule has 1 unspecified atom stereocenters. The predicted molar refractivity (Wildman–Crippen MR) is 58.9 cm³/mol. The summed E-state index contributed by atoms with van der Waals surface area (Å²) in [5, 5.41) is 0. The van der Waals surface area contributed by atoms with Gasteiger partial charge in [0.05, 0.1) is 13.2 Å². The van der Waals surface area contributed by atoms with Crippen LogP contribution < -0.4 is 0 Å². The zero-order valence-electron chi connectivity index (χ0n) is 9.54. The van der Waals surface area contributed by atoms with Gasteiger partial charge < -0.3 is 9.47 Å². The van der Waals surface area contributed by atoms with E-state index in [1.54, 1.807) is 0 Å². The van der Waals surface area contributed by atoms with Crippen LogP contribution in [0.4, 0.5) is 0 Å². The first-order valence-electron chi connectivity index (χ1n) is 6.21. The van der Waals surface area contributed by atoms with Gasteiger partial charge in [0.15, 0.2) is 5.79 Å². The molecule has 3 nitrogen and oxygen atoms in total. The van der Waals surface area contributed by atoms with Crippen LogP contribution in [0.2, 0.25) is 0 Å². The summed E-state index contributed by atoms with van der Waals surface area (Å²) in [4.78, 5) is 10.8. The predicted octanol–water partition coefficient (Wildman–Crippen LogP) is 2.21. The van der Waals surface area contributed by atoms with Crippen LogP contribution in [-0.2, 0) is 14.3 Å². The smallest absolute Gasteiger partial charge is 0.169 e. The molecule has 3 aliphatic rings. The lowest BCUT2D eigenvalue weighted by atomic mass is 9.71. The van der Waals surface area contributed by atoms with Crippen LogP contribution in [0.1, 0.15) is 38.5 Å². The van der Waals surface area contributed by atoms with Gasteiger partial charge in [0.25, 0.3) is 0 Å². The monoisotopic (exact) mass is 222 g/mol. The molecule has 88 valence electrons. The number of hydrogen-bond donors (Lipinski definition) is 0. The topological polar surface area (TPSA) is 35.5 Å². The van der Waals surface area contributed by atoms with E-state index in [0.29, 0.717) is 0 Å². The van der Waals surface area contributed by atoms with Crippen LogP contribution in [0.5, 0.6) is 0 Å². The fourth-order valence-electron chi connectivity index (χ4n) is 3.53. The number of carbonyl (C=O) groups excluding carboxylic acids is 1. The second-order valence-electron chi connectivity index (χ2n) is 5.34. The Labute approximate surface area is 95.8 Å². The fourth-order valence-corrected chi connectivity index (χ4v) is 3.53. The third-order valence-corrected chi connectivity index (χ3v) is 4.22. The summed E-state index contributed by atoms with van der Waals surface area (Å²) in [7, 11) is 0. The van der Waals surface area contributed by atoms with Crippen molar-refractivity contribution in [1.29, 1.82) is 0 Å². The van der Waals surface area contributed by atoms with Gasteiger partial charge in [0, 0.05) is 12.8 Å². The number of carbonyl (C=O) groups is 1. The summed E-state index contributed by atoms with van der Waals surface area (Å²) >= 11 is 0. The second kappa shape index (κ2) is 3.67. The molecule has 0 aromatic rings. The van der Waals surface area contributed by atoms with Crippen molar-refractivity contribution >= 4 is 6.29 Å².